The number of carbonyl (C=O) groups is 1. The summed E-state index contributed by atoms with van der Waals surface area (Å²) in [5, 5.41) is 5.76. The Balaban J connectivity index is 1.37. The van der Waals surface area contributed by atoms with E-state index in [1.165, 1.54) is 10.6 Å². The number of carbonyl (C=O) groups excluding carboxylic acids is 1. The third kappa shape index (κ3) is 4.52. The highest BCUT2D eigenvalue weighted by atomic mass is 32.2. The van der Waals surface area contributed by atoms with E-state index in [9.17, 15) is 13.2 Å². The number of nitrogens with zero attached hydrogens (tertiary/aromatic N) is 3. The fraction of sp³-hybridized carbons (Fsp3) is 0.238. The van der Waals surface area contributed by atoms with Gasteiger partial charge in [-0.15, -0.1) is 0 Å². The molecule has 8 nitrogen and oxygen atoms in total. The molecule has 2 aromatic carbocycles. The lowest BCUT2D eigenvalue weighted by atomic mass is 9.99. The van der Waals surface area contributed by atoms with Crippen LogP contribution in [0.5, 0.6) is 0 Å². The second kappa shape index (κ2) is 8.29. The zero-order valence-electron chi connectivity index (χ0n) is 16.6. The summed E-state index contributed by atoms with van der Waals surface area (Å²) in [4.78, 5) is 16.4. The van der Waals surface area contributed by atoms with Crippen molar-refractivity contribution >= 4 is 21.7 Å². The number of urea groups is 1. The molecule has 0 saturated heterocycles. The van der Waals surface area contributed by atoms with E-state index >= 15 is 0 Å². The van der Waals surface area contributed by atoms with Crippen molar-refractivity contribution in [1.29, 1.82) is 0 Å². The Morgan fingerprint density at radius 3 is 2.67 bits per heavy atom. The molecule has 4 rings (SSSR count). The molecule has 1 aromatic heterocycles. The van der Waals surface area contributed by atoms with Gasteiger partial charge in [-0.2, -0.15) is 4.31 Å². The van der Waals surface area contributed by atoms with E-state index < -0.39 is 10.0 Å². The molecule has 2 N–H and O–H groups in total. The first-order chi connectivity index (χ1) is 14.4. The first kappa shape index (κ1) is 20.1. The van der Waals surface area contributed by atoms with Gasteiger partial charge in [0.05, 0.1) is 12.6 Å². The molecular weight excluding hydrogens is 402 g/mol. The Morgan fingerprint density at radius 1 is 1.17 bits per heavy atom. The SMILES string of the molecule is CS(=O)(=O)N1CCc2c(cccc2NC(=O)NCc2ccc(-n3ccnc3)cc2)C1. The number of hydrogen-bond donors (Lipinski definition) is 2. The topological polar surface area (TPSA) is 96.3 Å². The van der Waals surface area contributed by atoms with Gasteiger partial charge in [0.1, 0.15) is 0 Å². The monoisotopic (exact) mass is 425 g/mol. The van der Waals surface area contributed by atoms with Gasteiger partial charge in [-0.3, -0.25) is 0 Å². The van der Waals surface area contributed by atoms with Gasteiger partial charge in [0.15, 0.2) is 0 Å². The maximum Gasteiger partial charge on any atom is 0.319 e. The van der Waals surface area contributed by atoms with Crippen LogP contribution in [-0.2, 0) is 29.5 Å². The van der Waals surface area contributed by atoms with E-state index in [4.69, 9.17) is 0 Å². The van der Waals surface area contributed by atoms with Gasteiger partial charge < -0.3 is 15.2 Å². The lowest BCUT2D eigenvalue weighted by molar-refractivity contribution is 0.251. The van der Waals surface area contributed by atoms with Crippen molar-refractivity contribution < 1.29 is 13.2 Å². The van der Waals surface area contributed by atoms with E-state index in [1.54, 1.807) is 12.5 Å². The van der Waals surface area contributed by atoms with Gasteiger partial charge in [0.25, 0.3) is 0 Å². The Hall–Kier alpha value is -3.17. The van der Waals surface area contributed by atoms with Crippen LogP contribution >= 0.6 is 0 Å². The maximum atomic E-state index is 12.4. The van der Waals surface area contributed by atoms with E-state index in [0.717, 1.165) is 22.4 Å². The van der Waals surface area contributed by atoms with Gasteiger partial charge in [-0.25, -0.2) is 18.2 Å². The number of anilines is 1. The van der Waals surface area contributed by atoms with Crippen LogP contribution in [0.25, 0.3) is 5.69 Å². The van der Waals surface area contributed by atoms with E-state index in [2.05, 4.69) is 15.6 Å². The Bertz CT molecular complexity index is 1140. The van der Waals surface area contributed by atoms with E-state index in [-0.39, 0.29) is 6.03 Å². The number of imidazole rings is 1. The summed E-state index contributed by atoms with van der Waals surface area (Å²) in [5.41, 5.74) is 4.60. The highest BCUT2D eigenvalue weighted by Gasteiger charge is 2.24. The third-order valence-corrected chi connectivity index (χ3v) is 6.39. The van der Waals surface area contributed by atoms with Crippen molar-refractivity contribution in [3.05, 3.63) is 77.9 Å². The van der Waals surface area contributed by atoms with E-state index in [0.29, 0.717) is 31.7 Å². The third-order valence-electron chi connectivity index (χ3n) is 5.14. The number of nitrogens with one attached hydrogen (secondary N) is 2. The van der Waals surface area contributed by atoms with Crippen LogP contribution in [0.1, 0.15) is 16.7 Å². The summed E-state index contributed by atoms with van der Waals surface area (Å²) in [7, 11) is -3.23. The number of sulfonamides is 1. The van der Waals surface area contributed by atoms with Crippen LogP contribution in [0.15, 0.2) is 61.2 Å². The number of aromatic nitrogens is 2. The number of rotatable bonds is 5. The van der Waals surface area contributed by atoms with Crippen molar-refractivity contribution in [2.75, 3.05) is 18.1 Å². The second-order valence-corrected chi connectivity index (χ2v) is 9.22. The molecule has 9 heteroatoms. The van der Waals surface area contributed by atoms with Crippen molar-refractivity contribution in [2.45, 2.75) is 19.5 Å². The summed E-state index contributed by atoms with van der Waals surface area (Å²) in [6.07, 6.45) is 7.11. The van der Waals surface area contributed by atoms with Crippen LogP contribution in [0.3, 0.4) is 0 Å². The summed E-state index contributed by atoms with van der Waals surface area (Å²) >= 11 is 0. The van der Waals surface area contributed by atoms with Crippen molar-refractivity contribution in [1.82, 2.24) is 19.2 Å². The average molecular weight is 426 g/mol. The molecule has 0 bridgehead atoms. The molecule has 1 aliphatic heterocycles. The van der Waals surface area contributed by atoms with Gasteiger partial charge in [0, 0.05) is 43.4 Å². The summed E-state index contributed by atoms with van der Waals surface area (Å²) in [6, 6.07) is 13.1. The number of benzene rings is 2. The fourth-order valence-corrected chi connectivity index (χ4v) is 4.33. The minimum Gasteiger partial charge on any atom is -0.334 e. The van der Waals surface area contributed by atoms with Gasteiger partial charge in [-0.1, -0.05) is 24.3 Å². The fourth-order valence-electron chi connectivity index (χ4n) is 3.53. The van der Waals surface area contributed by atoms with Gasteiger partial charge in [-0.05, 0) is 41.3 Å². The van der Waals surface area contributed by atoms with Crippen LogP contribution in [-0.4, -0.2) is 41.1 Å². The number of amides is 2. The van der Waals surface area contributed by atoms with E-state index in [1.807, 2.05) is 53.2 Å². The predicted molar refractivity (Wildman–Crippen MR) is 115 cm³/mol. The maximum absolute atomic E-state index is 12.4. The molecule has 2 amide bonds. The zero-order chi connectivity index (χ0) is 21.1. The highest BCUT2D eigenvalue weighted by Crippen LogP contribution is 2.27. The zero-order valence-corrected chi connectivity index (χ0v) is 17.4. The highest BCUT2D eigenvalue weighted by molar-refractivity contribution is 7.88. The van der Waals surface area contributed by atoms with Crippen LogP contribution in [0, 0.1) is 0 Å². The Labute approximate surface area is 175 Å². The first-order valence-corrected chi connectivity index (χ1v) is 11.4. The number of hydrogen-bond acceptors (Lipinski definition) is 4. The summed E-state index contributed by atoms with van der Waals surface area (Å²) in [6.45, 7) is 1.14. The van der Waals surface area contributed by atoms with Gasteiger partial charge in [0.2, 0.25) is 10.0 Å². The lowest BCUT2D eigenvalue weighted by Crippen LogP contribution is -2.36. The molecule has 1 aliphatic rings. The minimum absolute atomic E-state index is 0.298. The quantitative estimate of drug-likeness (QED) is 0.657. The predicted octanol–water partition coefficient (Wildman–Crippen LogP) is 2.51. The van der Waals surface area contributed by atoms with Gasteiger partial charge >= 0.3 is 6.03 Å². The molecular formula is C21H23N5O3S. The molecule has 156 valence electrons. The molecule has 0 atom stereocenters. The van der Waals surface area contributed by atoms with Crippen LogP contribution in [0.4, 0.5) is 10.5 Å². The average Bonchev–Trinajstić information content (AvgIpc) is 3.27. The molecule has 0 radical (unpaired) electrons. The summed E-state index contributed by atoms with van der Waals surface area (Å²) < 4.78 is 27.0. The Kier molecular flexibility index (Phi) is 5.56. The number of fused-ring (bicyclic) bond motifs is 1. The normalized spacial score (nSPS) is 14.2. The standard InChI is InChI=1S/C21H23N5O3S/c1-30(28,29)26-11-9-19-17(14-26)3-2-4-20(19)24-21(27)23-13-16-5-7-18(8-6-16)25-12-10-22-15-25/h2-8,10,12,15H,9,11,13-14H2,1H3,(H2,23,24,27). The lowest BCUT2D eigenvalue weighted by Gasteiger charge is -2.28. The second-order valence-electron chi connectivity index (χ2n) is 7.23. The minimum atomic E-state index is -3.23. The molecule has 3 aromatic rings. The molecule has 0 fully saturated rings. The van der Waals surface area contributed by atoms with Crippen molar-refractivity contribution in [3.8, 4) is 5.69 Å². The summed E-state index contributed by atoms with van der Waals surface area (Å²) in [5.74, 6) is 0. The smallest absolute Gasteiger partial charge is 0.319 e. The molecule has 30 heavy (non-hydrogen) atoms. The molecule has 0 spiro atoms. The van der Waals surface area contributed by atoms with Crippen LogP contribution in [0.2, 0.25) is 0 Å². The largest absolute Gasteiger partial charge is 0.334 e. The van der Waals surface area contributed by atoms with Crippen molar-refractivity contribution in [3.63, 3.8) is 0 Å². The van der Waals surface area contributed by atoms with Crippen LogP contribution < -0.4 is 10.6 Å². The molecule has 2 heterocycles. The molecule has 0 unspecified atom stereocenters. The Morgan fingerprint density at radius 2 is 1.97 bits per heavy atom. The molecule has 0 aliphatic carbocycles. The first-order valence-electron chi connectivity index (χ1n) is 9.58. The molecule has 0 saturated carbocycles. The van der Waals surface area contributed by atoms with Crippen molar-refractivity contribution in [2.24, 2.45) is 0 Å².